The molecule has 0 N–H and O–H groups in total. The quantitative estimate of drug-likeness (QED) is 0.290. The van der Waals surface area contributed by atoms with Crippen LogP contribution in [0.15, 0.2) is 53.7 Å². The molecule has 0 radical (unpaired) electrons. The summed E-state index contributed by atoms with van der Waals surface area (Å²) in [5.74, 6) is -0.914. The van der Waals surface area contributed by atoms with Crippen molar-refractivity contribution in [2.75, 3.05) is 39.5 Å². The SMILES string of the molecule is CCOC(=O)c1ccc(COC(=O)CO/N=C(\c2ccc(C)cc2)C(C)(C)N2CCOCC2)cc1. The van der Waals surface area contributed by atoms with E-state index in [0.29, 0.717) is 25.4 Å². The Labute approximate surface area is 206 Å². The fraction of sp³-hybridized carbons (Fsp3) is 0.444. The van der Waals surface area contributed by atoms with Gasteiger partial charge in [-0.2, -0.15) is 0 Å². The lowest BCUT2D eigenvalue weighted by atomic mass is 9.89. The number of hydrogen-bond acceptors (Lipinski definition) is 8. The molecule has 8 heteroatoms. The number of carbonyl (C=O) groups is 2. The van der Waals surface area contributed by atoms with Gasteiger partial charge >= 0.3 is 11.9 Å². The lowest BCUT2D eigenvalue weighted by Crippen LogP contribution is -2.54. The molecule has 0 saturated carbocycles. The van der Waals surface area contributed by atoms with E-state index in [-0.39, 0.29) is 19.2 Å². The fourth-order valence-electron chi connectivity index (χ4n) is 3.81. The van der Waals surface area contributed by atoms with E-state index >= 15 is 0 Å². The molecule has 2 aromatic carbocycles. The monoisotopic (exact) mass is 482 g/mol. The molecule has 0 amide bonds. The Kier molecular flexibility index (Phi) is 9.39. The molecule has 1 aliphatic heterocycles. The summed E-state index contributed by atoms with van der Waals surface area (Å²) in [6.45, 7) is 11.0. The highest BCUT2D eigenvalue weighted by Crippen LogP contribution is 2.23. The molecule has 0 aliphatic carbocycles. The van der Waals surface area contributed by atoms with Gasteiger partial charge in [0.25, 0.3) is 0 Å². The predicted octanol–water partition coefficient (Wildman–Crippen LogP) is 3.75. The molecule has 0 bridgehead atoms. The Morgan fingerprint density at radius 1 is 0.971 bits per heavy atom. The first-order valence-corrected chi connectivity index (χ1v) is 11.8. The number of hydrogen-bond donors (Lipinski definition) is 0. The van der Waals surface area contributed by atoms with E-state index in [1.54, 1.807) is 31.2 Å². The topological polar surface area (TPSA) is 86.7 Å². The van der Waals surface area contributed by atoms with Gasteiger partial charge in [0.2, 0.25) is 6.61 Å². The Morgan fingerprint density at radius 3 is 2.23 bits per heavy atom. The van der Waals surface area contributed by atoms with E-state index in [0.717, 1.165) is 35.5 Å². The van der Waals surface area contributed by atoms with Crippen LogP contribution in [0.4, 0.5) is 0 Å². The molecule has 188 valence electrons. The number of aryl methyl sites for hydroxylation is 1. The molecule has 1 saturated heterocycles. The average Bonchev–Trinajstić information content (AvgIpc) is 2.87. The Bertz CT molecular complexity index is 1010. The minimum atomic E-state index is -0.532. The highest BCUT2D eigenvalue weighted by molar-refractivity contribution is 6.06. The summed E-state index contributed by atoms with van der Waals surface area (Å²) in [5, 5.41) is 4.40. The van der Waals surface area contributed by atoms with Gasteiger partial charge in [-0.25, -0.2) is 9.59 Å². The van der Waals surface area contributed by atoms with E-state index in [4.69, 9.17) is 19.0 Å². The third kappa shape index (κ3) is 7.37. The summed E-state index contributed by atoms with van der Waals surface area (Å²) < 4.78 is 15.8. The number of oxime groups is 1. The standard InChI is InChI=1S/C27H34N2O6/c1-5-33-26(31)23-12-8-21(9-13-23)18-34-24(30)19-35-28-25(22-10-6-20(2)7-11-22)27(3,4)29-14-16-32-17-15-29/h6-13H,5,14-19H2,1-4H3/b28-25+. The van der Waals surface area contributed by atoms with Crippen molar-refractivity contribution in [1.29, 1.82) is 0 Å². The number of rotatable bonds is 10. The van der Waals surface area contributed by atoms with Gasteiger partial charge < -0.3 is 19.0 Å². The maximum absolute atomic E-state index is 12.3. The second-order valence-corrected chi connectivity index (χ2v) is 8.82. The molecule has 0 unspecified atom stereocenters. The highest BCUT2D eigenvalue weighted by Gasteiger charge is 2.35. The third-order valence-corrected chi connectivity index (χ3v) is 5.91. The second-order valence-electron chi connectivity index (χ2n) is 8.82. The summed E-state index contributed by atoms with van der Waals surface area (Å²) in [6, 6.07) is 14.8. The minimum absolute atomic E-state index is 0.0686. The third-order valence-electron chi connectivity index (χ3n) is 5.91. The van der Waals surface area contributed by atoms with Crippen molar-refractivity contribution in [3.63, 3.8) is 0 Å². The lowest BCUT2D eigenvalue weighted by molar-refractivity contribution is -0.150. The van der Waals surface area contributed by atoms with Crippen LogP contribution in [0.1, 0.15) is 47.8 Å². The van der Waals surface area contributed by atoms with Crippen LogP contribution in [-0.4, -0.2) is 67.6 Å². The number of ether oxygens (including phenoxy) is 3. The molecule has 2 aromatic rings. The van der Waals surface area contributed by atoms with E-state index in [1.165, 1.54) is 0 Å². The zero-order valence-electron chi connectivity index (χ0n) is 20.9. The first-order valence-electron chi connectivity index (χ1n) is 11.8. The van der Waals surface area contributed by atoms with Crippen LogP contribution in [-0.2, 0) is 30.4 Å². The van der Waals surface area contributed by atoms with Gasteiger partial charge in [0.05, 0.1) is 30.9 Å². The Balaban J connectivity index is 1.61. The van der Waals surface area contributed by atoms with Crippen LogP contribution in [0, 0.1) is 6.92 Å². The van der Waals surface area contributed by atoms with Crippen molar-refractivity contribution in [2.45, 2.75) is 39.8 Å². The van der Waals surface area contributed by atoms with E-state index in [2.05, 4.69) is 23.9 Å². The van der Waals surface area contributed by atoms with Crippen molar-refractivity contribution in [1.82, 2.24) is 4.90 Å². The molecule has 0 aromatic heterocycles. The summed E-state index contributed by atoms with van der Waals surface area (Å²) in [4.78, 5) is 31.8. The summed E-state index contributed by atoms with van der Waals surface area (Å²) >= 11 is 0. The number of esters is 2. The van der Waals surface area contributed by atoms with Gasteiger partial charge in [0.1, 0.15) is 12.3 Å². The predicted molar refractivity (Wildman–Crippen MR) is 132 cm³/mol. The highest BCUT2D eigenvalue weighted by atomic mass is 16.7. The number of benzene rings is 2. The zero-order chi connectivity index (χ0) is 25.3. The average molecular weight is 483 g/mol. The summed E-state index contributed by atoms with van der Waals surface area (Å²) in [5.41, 5.74) is 3.60. The molecule has 3 rings (SSSR count). The van der Waals surface area contributed by atoms with Gasteiger partial charge in [-0.3, -0.25) is 4.90 Å². The van der Waals surface area contributed by atoms with Crippen molar-refractivity contribution < 1.29 is 28.6 Å². The maximum Gasteiger partial charge on any atom is 0.347 e. The molecule has 1 fully saturated rings. The van der Waals surface area contributed by atoms with Gasteiger partial charge in [0, 0.05) is 18.7 Å². The van der Waals surface area contributed by atoms with Crippen LogP contribution in [0.25, 0.3) is 0 Å². The first-order chi connectivity index (χ1) is 16.8. The zero-order valence-corrected chi connectivity index (χ0v) is 20.9. The molecular weight excluding hydrogens is 448 g/mol. The number of carbonyl (C=O) groups excluding carboxylic acids is 2. The molecule has 1 aliphatic rings. The first kappa shape index (κ1) is 26.4. The van der Waals surface area contributed by atoms with Crippen molar-refractivity contribution >= 4 is 17.7 Å². The van der Waals surface area contributed by atoms with Crippen LogP contribution in [0.2, 0.25) is 0 Å². The summed E-state index contributed by atoms with van der Waals surface area (Å²) in [7, 11) is 0. The largest absolute Gasteiger partial charge is 0.462 e. The Hall–Kier alpha value is -3.23. The molecule has 1 heterocycles. The minimum Gasteiger partial charge on any atom is -0.462 e. The molecule has 8 nitrogen and oxygen atoms in total. The van der Waals surface area contributed by atoms with Gasteiger partial charge in [-0.1, -0.05) is 47.1 Å². The van der Waals surface area contributed by atoms with E-state index in [1.807, 2.05) is 31.2 Å². The molecular formula is C27H34N2O6. The number of nitrogens with zero attached hydrogens (tertiary/aromatic N) is 2. The van der Waals surface area contributed by atoms with Crippen molar-refractivity contribution in [2.24, 2.45) is 5.16 Å². The normalized spacial score (nSPS) is 14.9. The molecule has 35 heavy (non-hydrogen) atoms. The smallest absolute Gasteiger partial charge is 0.347 e. The molecule has 0 atom stereocenters. The van der Waals surface area contributed by atoms with Gasteiger partial charge in [0.15, 0.2) is 0 Å². The van der Waals surface area contributed by atoms with E-state index < -0.39 is 11.5 Å². The van der Waals surface area contributed by atoms with Crippen LogP contribution >= 0.6 is 0 Å². The van der Waals surface area contributed by atoms with E-state index in [9.17, 15) is 9.59 Å². The fourth-order valence-corrected chi connectivity index (χ4v) is 3.81. The second kappa shape index (κ2) is 12.5. The van der Waals surface area contributed by atoms with Crippen LogP contribution in [0.3, 0.4) is 0 Å². The molecule has 0 spiro atoms. The summed E-state index contributed by atoms with van der Waals surface area (Å²) in [6.07, 6.45) is 0. The maximum atomic E-state index is 12.3. The van der Waals surface area contributed by atoms with Crippen molar-refractivity contribution in [3.8, 4) is 0 Å². The van der Waals surface area contributed by atoms with Crippen LogP contribution in [0.5, 0.6) is 0 Å². The van der Waals surface area contributed by atoms with Crippen LogP contribution < -0.4 is 0 Å². The number of morpholine rings is 1. The van der Waals surface area contributed by atoms with Gasteiger partial charge in [-0.05, 0) is 45.4 Å². The Morgan fingerprint density at radius 2 is 1.60 bits per heavy atom. The van der Waals surface area contributed by atoms with Crippen molar-refractivity contribution in [3.05, 3.63) is 70.8 Å². The lowest BCUT2D eigenvalue weighted by Gasteiger charge is -2.41. The van der Waals surface area contributed by atoms with Gasteiger partial charge in [-0.15, -0.1) is 0 Å².